The lowest BCUT2D eigenvalue weighted by Gasteiger charge is -2.23. The number of carbonyl (C=O) groups is 1. The molecule has 0 spiro atoms. The minimum atomic E-state index is -0.504. The molecule has 0 amide bonds. The molecule has 5 heteroatoms. The number of carbonyl (C=O) groups excluding carboxylic acids is 1. The van der Waals surface area contributed by atoms with Gasteiger partial charge in [-0.25, -0.2) is 9.18 Å². The molecule has 3 aromatic carbocycles. The highest BCUT2D eigenvalue weighted by Crippen LogP contribution is 2.45. The van der Waals surface area contributed by atoms with Crippen molar-refractivity contribution >= 4 is 29.1 Å². The Balaban J connectivity index is 1.65. The van der Waals surface area contributed by atoms with E-state index in [1.165, 1.54) is 17.0 Å². The summed E-state index contributed by atoms with van der Waals surface area (Å²) in [6.45, 7) is 4.00. The van der Waals surface area contributed by atoms with E-state index in [0.29, 0.717) is 0 Å². The van der Waals surface area contributed by atoms with Crippen LogP contribution >= 0.6 is 11.8 Å². The summed E-state index contributed by atoms with van der Waals surface area (Å²) < 4.78 is 19.1. The molecule has 0 saturated carbocycles. The molecule has 28 heavy (non-hydrogen) atoms. The van der Waals surface area contributed by atoms with E-state index in [-0.39, 0.29) is 18.1 Å². The van der Waals surface area contributed by atoms with Crippen molar-refractivity contribution in [2.45, 2.75) is 29.6 Å². The summed E-state index contributed by atoms with van der Waals surface area (Å²) >= 11 is 1.73. The van der Waals surface area contributed by atoms with Gasteiger partial charge in [0.25, 0.3) is 0 Å². The first-order chi connectivity index (χ1) is 13.5. The topological polar surface area (TPSA) is 38.3 Å². The fourth-order valence-corrected chi connectivity index (χ4v) is 4.28. The number of hydrogen-bond donors (Lipinski definition) is 1. The molecule has 1 aliphatic rings. The zero-order chi connectivity index (χ0) is 19.7. The third kappa shape index (κ3) is 3.62. The minimum Gasteiger partial charge on any atom is -0.462 e. The number of benzene rings is 3. The molecule has 1 heterocycles. The average molecular weight is 393 g/mol. The van der Waals surface area contributed by atoms with Gasteiger partial charge in [0.15, 0.2) is 0 Å². The maximum absolute atomic E-state index is 14.1. The molecule has 1 atom stereocenters. The van der Waals surface area contributed by atoms with Gasteiger partial charge in [0.05, 0.1) is 23.5 Å². The van der Waals surface area contributed by atoms with Gasteiger partial charge in [0, 0.05) is 15.7 Å². The predicted molar refractivity (Wildman–Crippen MR) is 110 cm³/mol. The lowest BCUT2D eigenvalue weighted by atomic mass is 9.91. The molecule has 0 aliphatic carbocycles. The molecule has 1 unspecified atom stereocenters. The SMILES string of the molecule is CCOC(=O)c1cc(F)cc(C(C)c2ccc3c(c2)Nc2ccccc2S3)c1. The molecule has 3 nitrogen and oxygen atoms in total. The fraction of sp³-hybridized carbons (Fsp3) is 0.174. The van der Waals surface area contributed by atoms with Crippen molar-refractivity contribution in [3.05, 3.63) is 83.2 Å². The number of esters is 1. The molecule has 142 valence electrons. The molecule has 1 aliphatic heterocycles. The van der Waals surface area contributed by atoms with Crippen LogP contribution < -0.4 is 5.32 Å². The van der Waals surface area contributed by atoms with E-state index in [2.05, 4.69) is 35.6 Å². The van der Waals surface area contributed by atoms with Crippen molar-refractivity contribution in [2.24, 2.45) is 0 Å². The largest absolute Gasteiger partial charge is 0.462 e. The van der Waals surface area contributed by atoms with Gasteiger partial charge < -0.3 is 10.1 Å². The quantitative estimate of drug-likeness (QED) is 0.409. The van der Waals surface area contributed by atoms with E-state index < -0.39 is 11.8 Å². The number of hydrogen-bond acceptors (Lipinski definition) is 4. The summed E-state index contributed by atoms with van der Waals surface area (Å²) in [5.41, 5.74) is 4.15. The van der Waals surface area contributed by atoms with Crippen molar-refractivity contribution in [3.63, 3.8) is 0 Å². The first-order valence-electron chi connectivity index (χ1n) is 9.20. The van der Waals surface area contributed by atoms with E-state index >= 15 is 0 Å². The van der Waals surface area contributed by atoms with E-state index in [1.54, 1.807) is 24.8 Å². The van der Waals surface area contributed by atoms with E-state index in [4.69, 9.17) is 4.74 Å². The second-order valence-electron chi connectivity index (χ2n) is 6.69. The summed E-state index contributed by atoms with van der Waals surface area (Å²) in [4.78, 5) is 14.4. The van der Waals surface area contributed by atoms with Crippen LogP contribution in [0.4, 0.5) is 15.8 Å². The first-order valence-corrected chi connectivity index (χ1v) is 10.0. The van der Waals surface area contributed by atoms with Crippen LogP contribution in [0.3, 0.4) is 0 Å². The van der Waals surface area contributed by atoms with Gasteiger partial charge in [0.2, 0.25) is 0 Å². The van der Waals surface area contributed by atoms with Crippen molar-refractivity contribution in [1.82, 2.24) is 0 Å². The Morgan fingerprint density at radius 1 is 1.04 bits per heavy atom. The summed E-state index contributed by atoms with van der Waals surface area (Å²) in [5, 5.41) is 3.48. The number of halogens is 1. The van der Waals surface area contributed by atoms with Crippen LogP contribution in [0.1, 0.15) is 41.3 Å². The number of rotatable bonds is 4. The molecular weight excluding hydrogens is 373 g/mol. The number of para-hydroxylation sites is 1. The Bertz CT molecular complexity index is 1050. The fourth-order valence-electron chi connectivity index (χ4n) is 3.31. The number of anilines is 2. The van der Waals surface area contributed by atoms with Gasteiger partial charge in [-0.05, 0) is 60.5 Å². The summed E-state index contributed by atoms with van der Waals surface area (Å²) in [6.07, 6.45) is 0. The van der Waals surface area contributed by atoms with Gasteiger partial charge in [-0.2, -0.15) is 0 Å². The lowest BCUT2D eigenvalue weighted by molar-refractivity contribution is 0.0525. The van der Waals surface area contributed by atoms with Gasteiger partial charge in [-0.1, -0.05) is 36.9 Å². The van der Waals surface area contributed by atoms with E-state index in [0.717, 1.165) is 27.4 Å². The molecule has 0 radical (unpaired) electrons. The van der Waals surface area contributed by atoms with Gasteiger partial charge in [0.1, 0.15) is 5.82 Å². The predicted octanol–water partition coefficient (Wildman–Crippen LogP) is 6.36. The third-order valence-corrected chi connectivity index (χ3v) is 5.96. The van der Waals surface area contributed by atoms with Crippen molar-refractivity contribution in [3.8, 4) is 0 Å². The van der Waals surface area contributed by atoms with Crippen LogP contribution in [0.25, 0.3) is 0 Å². The maximum atomic E-state index is 14.1. The Morgan fingerprint density at radius 2 is 1.82 bits per heavy atom. The molecule has 1 N–H and O–H groups in total. The van der Waals surface area contributed by atoms with Gasteiger partial charge in [-0.3, -0.25) is 0 Å². The third-order valence-electron chi connectivity index (χ3n) is 4.81. The normalized spacial score (nSPS) is 13.1. The van der Waals surface area contributed by atoms with E-state index in [9.17, 15) is 9.18 Å². The molecule has 4 rings (SSSR count). The highest BCUT2D eigenvalue weighted by molar-refractivity contribution is 7.99. The highest BCUT2D eigenvalue weighted by atomic mass is 32.2. The van der Waals surface area contributed by atoms with Crippen LogP contribution in [0.5, 0.6) is 0 Å². The molecule has 0 fully saturated rings. The lowest BCUT2D eigenvalue weighted by Crippen LogP contribution is -2.07. The van der Waals surface area contributed by atoms with Crippen LogP contribution in [0.2, 0.25) is 0 Å². The molecule has 0 aromatic heterocycles. The first kappa shape index (κ1) is 18.6. The van der Waals surface area contributed by atoms with Crippen molar-refractivity contribution < 1.29 is 13.9 Å². The molecule has 0 bridgehead atoms. The smallest absolute Gasteiger partial charge is 0.338 e. The van der Waals surface area contributed by atoms with Crippen molar-refractivity contribution in [1.29, 1.82) is 0 Å². The maximum Gasteiger partial charge on any atom is 0.338 e. The standard InChI is InChI=1S/C23H20FNO2S/c1-3-27-23(26)17-10-16(11-18(24)12-17)14(2)15-8-9-22-20(13-15)25-19-6-4-5-7-21(19)28-22/h4-14,25H,3H2,1-2H3. The number of nitrogens with one attached hydrogen (secondary N) is 1. The Kier molecular flexibility index (Phi) is 5.09. The van der Waals surface area contributed by atoms with Crippen LogP contribution in [-0.2, 0) is 4.74 Å². The van der Waals surface area contributed by atoms with E-state index in [1.807, 2.05) is 19.1 Å². The van der Waals surface area contributed by atoms with Gasteiger partial charge >= 0.3 is 5.97 Å². The monoisotopic (exact) mass is 393 g/mol. The Labute approximate surface area is 167 Å². The second kappa shape index (κ2) is 7.68. The summed E-state index contributed by atoms with van der Waals surface area (Å²) in [5.74, 6) is -1.01. The zero-order valence-corrected chi connectivity index (χ0v) is 16.5. The molecule has 0 saturated heterocycles. The average Bonchev–Trinajstić information content (AvgIpc) is 2.71. The van der Waals surface area contributed by atoms with Crippen LogP contribution in [-0.4, -0.2) is 12.6 Å². The number of fused-ring (bicyclic) bond motifs is 2. The Morgan fingerprint density at radius 3 is 2.64 bits per heavy atom. The zero-order valence-electron chi connectivity index (χ0n) is 15.7. The second-order valence-corrected chi connectivity index (χ2v) is 7.78. The molecular formula is C23H20FNO2S. The van der Waals surface area contributed by atoms with Crippen LogP contribution in [0, 0.1) is 5.82 Å². The molecule has 3 aromatic rings. The van der Waals surface area contributed by atoms with Crippen LogP contribution in [0.15, 0.2) is 70.5 Å². The summed E-state index contributed by atoms with van der Waals surface area (Å²) in [7, 11) is 0. The highest BCUT2D eigenvalue weighted by Gasteiger charge is 2.19. The Hall–Kier alpha value is -2.79. The van der Waals surface area contributed by atoms with Crippen molar-refractivity contribution in [2.75, 3.05) is 11.9 Å². The summed E-state index contributed by atoms with van der Waals surface area (Å²) in [6, 6.07) is 18.8. The minimum absolute atomic E-state index is 0.0712. The number of ether oxygens (including phenoxy) is 1. The van der Waals surface area contributed by atoms with Gasteiger partial charge in [-0.15, -0.1) is 0 Å².